The van der Waals surface area contributed by atoms with Crippen LogP contribution < -0.4 is 5.32 Å². The maximum atomic E-state index is 5.88. The fraction of sp³-hybridized carbons (Fsp3) is 0.800. The van der Waals surface area contributed by atoms with E-state index in [1.807, 2.05) is 14.0 Å². The molecule has 0 saturated carbocycles. The largest absolute Gasteiger partial charge is 0.371 e. The Morgan fingerprint density at radius 1 is 1.32 bits per heavy atom. The molecule has 0 aliphatic carbocycles. The summed E-state index contributed by atoms with van der Waals surface area (Å²) in [4.78, 5) is 6.22. The van der Waals surface area contributed by atoms with Gasteiger partial charge in [0.1, 0.15) is 11.1 Å². The van der Waals surface area contributed by atoms with Crippen molar-refractivity contribution >= 4 is 11.3 Å². The number of thiazole rings is 1. The molecule has 0 radical (unpaired) electrons. The first-order chi connectivity index (χ1) is 8.81. The van der Waals surface area contributed by atoms with E-state index in [1.165, 1.54) is 10.6 Å². The van der Waals surface area contributed by atoms with Gasteiger partial charge in [-0.25, -0.2) is 4.98 Å². The predicted octanol–water partition coefficient (Wildman–Crippen LogP) is 3.89. The number of nitrogens with one attached hydrogen (secondary N) is 1. The van der Waals surface area contributed by atoms with Gasteiger partial charge in [-0.15, -0.1) is 11.3 Å². The number of nitrogens with zero attached hydrogens (tertiary/aromatic N) is 1. The highest BCUT2D eigenvalue weighted by atomic mass is 32.1. The van der Waals surface area contributed by atoms with Gasteiger partial charge in [0.15, 0.2) is 0 Å². The van der Waals surface area contributed by atoms with E-state index in [0.29, 0.717) is 5.92 Å². The van der Waals surface area contributed by atoms with E-state index in [9.17, 15) is 0 Å². The van der Waals surface area contributed by atoms with Crippen molar-refractivity contribution in [1.82, 2.24) is 10.3 Å². The molecule has 0 aromatic carbocycles. The van der Waals surface area contributed by atoms with E-state index in [-0.39, 0.29) is 11.5 Å². The summed E-state index contributed by atoms with van der Waals surface area (Å²) in [5.74, 6) is 0.446. The van der Waals surface area contributed by atoms with E-state index in [0.717, 1.165) is 18.2 Å². The van der Waals surface area contributed by atoms with Crippen LogP contribution in [0.5, 0.6) is 0 Å². The summed E-state index contributed by atoms with van der Waals surface area (Å²) >= 11 is 1.79. The van der Waals surface area contributed by atoms with E-state index in [4.69, 9.17) is 9.72 Å². The molecule has 1 atom stereocenters. The van der Waals surface area contributed by atoms with Gasteiger partial charge in [0.25, 0.3) is 0 Å². The van der Waals surface area contributed by atoms with Crippen LogP contribution in [-0.2, 0) is 16.7 Å². The van der Waals surface area contributed by atoms with Gasteiger partial charge >= 0.3 is 0 Å². The van der Waals surface area contributed by atoms with Gasteiger partial charge in [0.2, 0.25) is 0 Å². The second-order valence-corrected chi connectivity index (χ2v) is 7.34. The Bertz CT molecular complexity index is 393. The van der Waals surface area contributed by atoms with E-state index in [2.05, 4.69) is 39.9 Å². The van der Waals surface area contributed by atoms with E-state index < -0.39 is 0 Å². The summed E-state index contributed by atoms with van der Waals surface area (Å²) in [7, 11) is 1.98. The molecular weight excluding hydrogens is 256 g/mol. The lowest BCUT2D eigenvalue weighted by Gasteiger charge is -2.19. The first-order valence-corrected chi connectivity index (χ1v) is 7.89. The van der Waals surface area contributed by atoms with Crippen LogP contribution in [0.2, 0.25) is 0 Å². The molecule has 0 saturated heterocycles. The van der Waals surface area contributed by atoms with Crippen molar-refractivity contribution < 1.29 is 4.74 Å². The normalized spacial score (nSPS) is 14.1. The molecule has 110 valence electrons. The summed E-state index contributed by atoms with van der Waals surface area (Å²) in [6.45, 7) is 14.7. The standard InChI is InChI=1S/C15H28N2OS/c1-8-18-12(10(2)3)14-17-13(15(4,5)6)11(19-14)9-16-7/h10,12,16H,8-9H2,1-7H3. The van der Waals surface area contributed by atoms with Gasteiger partial charge in [-0.05, 0) is 19.9 Å². The van der Waals surface area contributed by atoms with Crippen LogP contribution in [0.4, 0.5) is 0 Å². The molecule has 0 spiro atoms. The average molecular weight is 284 g/mol. The van der Waals surface area contributed by atoms with Gasteiger partial charge in [0, 0.05) is 23.4 Å². The zero-order valence-electron chi connectivity index (χ0n) is 13.3. The Balaban J connectivity index is 3.15. The van der Waals surface area contributed by atoms with Crippen molar-refractivity contribution in [3.05, 3.63) is 15.6 Å². The molecule has 0 bridgehead atoms. The summed E-state index contributed by atoms with van der Waals surface area (Å²) in [5.41, 5.74) is 1.28. The highest BCUT2D eigenvalue weighted by Crippen LogP contribution is 2.35. The minimum Gasteiger partial charge on any atom is -0.371 e. The van der Waals surface area contributed by atoms with Crippen LogP contribution in [0.1, 0.15) is 63.2 Å². The van der Waals surface area contributed by atoms with Crippen LogP contribution in [0.25, 0.3) is 0 Å². The van der Waals surface area contributed by atoms with Crippen LogP contribution in [0.15, 0.2) is 0 Å². The molecule has 1 unspecified atom stereocenters. The summed E-state index contributed by atoms with van der Waals surface area (Å²) in [6.07, 6.45) is 0.113. The minimum absolute atomic E-state index is 0.0781. The van der Waals surface area contributed by atoms with Crippen molar-refractivity contribution in [3.8, 4) is 0 Å². The zero-order chi connectivity index (χ0) is 14.6. The van der Waals surface area contributed by atoms with E-state index >= 15 is 0 Å². The Morgan fingerprint density at radius 2 is 1.95 bits per heavy atom. The van der Waals surface area contributed by atoms with Gasteiger partial charge in [0.05, 0.1) is 5.69 Å². The molecule has 1 N–H and O–H groups in total. The molecule has 1 aromatic rings. The lowest BCUT2D eigenvalue weighted by atomic mass is 9.91. The fourth-order valence-corrected chi connectivity index (χ4v) is 3.60. The van der Waals surface area contributed by atoms with Crippen molar-refractivity contribution in [2.24, 2.45) is 5.92 Å². The molecule has 1 rings (SSSR count). The Morgan fingerprint density at radius 3 is 2.37 bits per heavy atom. The highest BCUT2D eigenvalue weighted by molar-refractivity contribution is 7.11. The molecular formula is C15H28N2OS. The fourth-order valence-electron chi connectivity index (χ4n) is 2.09. The average Bonchev–Trinajstić information content (AvgIpc) is 2.69. The molecule has 3 nitrogen and oxygen atoms in total. The maximum Gasteiger partial charge on any atom is 0.122 e. The predicted molar refractivity (Wildman–Crippen MR) is 82.8 cm³/mol. The first-order valence-electron chi connectivity index (χ1n) is 7.07. The lowest BCUT2D eigenvalue weighted by molar-refractivity contribution is 0.0291. The summed E-state index contributed by atoms with van der Waals surface area (Å²) < 4.78 is 5.88. The van der Waals surface area contributed by atoms with Crippen LogP contribution >= 0.6 is 11.3 Å². The number of hydrogen-bond donors (Lipinski definition) is 1. The van der Waals surface area contributed by atoms with Crippen LogP contribution in [0.3, 0.4) is 0 Å². The molecule has 1 aromatic heterocycles. The second kappa shape index (κ2) is 6.82. The van der Waals surface area contributed by atoms with Gasteiger partial charge < -0.3 is 10.1 Å². The quantitative estimate of drug-likeness (QED) is 0.860. The van der Waals surface area contributed by atoms with E-state index in [1.54, 1.807) is 11.3 Å². The monoisotopic (exact) mass is 284 g/mol. The summed E-state index contributed by atoms with van der Waals surface area (Å²) in [6, 6.07) is 0. The molecule has 0 aliphatic rings. The third-order valence-corrected chi connectivity index (χ3v) is 4.07. The minimum atomic E-state index is 0.0781. The molecule has 0 fully saturated rings. The second-order valence-electron chi connectivity index (χ2n) is 6.22. The third kappa shape index (κ3) is 4.26. The topological polar surface area (TPSA) is 34.1 Å². The molecule has 19 heavy (non-hydrogen) atoms. The zero-order valence-corrected chi connectivity index (χ0v) is 14.1. The molecule has 0 aliphatic heterocycles. The van der Waals surface area contributed by atoms with Crippen molar-refractivity contribution in [2.45, 2.75) is 59.6 Å². The SMILES string of the molecule is CCOC(c1nc(C(C)(C)C)c(CNC)s1)C(C)C. The third-order valence-electron chi connectivity index (χ3n) is 2.96. The van der Waals surface area contributed by atoms with Crippen molar-refractivity contribution in [2.75, 3.05) is 13.7 Å². The van der Waals surface area contributed by atoms with Crippen molar-refractivity contribution in [3.63, 3.8) is 0 Å². The Labute approximate surface area is 121 Å². The van der Waals surface area contributed by atoms with Crippen LogP contribution in [0, 0.1) is 5.92 Å². The molecule has 4 heteroatoms. The summed E-state index contributed by atoms with van der Waals surface area (Å²) in [5, 5.41) is 4.36. The molecule has 0 amide bonds. The number of aromatic nitrogens is 1. The maximum absolute atomic E-state index is 5.88. The van der Waals surface area contributed by atoms with Crippen LogP contribution in [-0.4, -0.2) is 18.6 Å². The van der Waals surface area contributed by atoms with Crippen molar-refractivity contribution in [1.29, 1.82) is 0 Å². The number of rotatable bonds is 6. The Hall–Kier alpha value is -0.450. The van der Waals surface area contributed by atoms with Gasteiger partial charge in [-0.1, -0.05) is 34.6 Å². The van der Waals surface area contributed by atoms with Gasteiger partial charge in [-0.3, -0.25) is 0 Å². The first kappa shape index (κ1) is 16.6. The lowest BCUT2D eigenvalue weighted by Crippen LogP contribution is -2.17. The highest BCUT2D eigenvalue weighted by Gasteiger charge is 2.27. The number of hydrogen-bond acceptors (Lipinski definition) is 4. The Kier molecular flexibility index (Phi) is 5.96. The number of ether oxygens (including phenoxy) is 1. The smallest absolute Gasteiger partial charge is 0.122 e. The van der Waals surface area contributed by atoms with Gasteiger partial charge in [-0.2, -0.15) is 0 Å². The molecule has 1 heterocycles.